The SMILES string of the molecule is CSc1cc(C)ccc1CNc1ccc2nnc(C(C)(C)C)n2n1. The Morgan fingerprint density at radius 1 is 1.12 bits per heavy atom. The van der Waals surface area contributed by atoms with Crippen molar-refractivity contribution in [3.05, 3.63) is 47.3 Å². The van der Waals surface area contributed by atoms with Crippen LogP contribution in [0.3, 0.4) is 0 Å². The van der Waals surface area contributed by atoms with Crippen molar-refractivity contribution < 1.29 is 0 Å². The van der Waals surface area contributed by atoms with Crippen LogP contribution < -0.4 is 5.32 Å². The molecule has 126 valence electrons. The van der Waals surface area contributed by atoms with Gasteiger partial charge in [-0.3, -0.25) is 0 Å². The lowest BCUT2D eigenvalue weighted by molar-refractivity contribution is 0.527. The highest BCUT2D eigenvalue weighted by molar-refractivity contribution is 7.98. The predicted molar refractivity (Wildman–Crippen MR) is 99.8 cm³/mol. The molecule has 1 N–H and O–H groups in total. The summed E-state index contributed by atoms with van der Waals surface area (Å²) in [7, 11) is 0. The highest BCUT2D eigenvalue weighted by Crippen LogP contribution is 2.23. The second kappa shape index (κ2) is 6.43. The second-order valence-corrected chi connectivity index (χ2v) is 7.78. The molecule has 0 unspecified atom stereocenters. The molecule has 1 aromatic carbocycles. The van der Waals surface area contributed by atoms with Crippen LogP contribution in [0, 0.1) is 6.92 Å². The molecule has 0 fully saturated rings. The number of aromatic nitrogens is 4. The lowest BCUT2D eigenvalue weighted by Gasteiger charge is -2.15. The van der Waals surface area contributed by atoms with E-state index >= 15 is 0 Å². The minimum Gasteiger partial charge on any atom is -0.365 e. The number of nitrogens with one attached hydrogen (secondary N) is 1. The highest BCUT2D eigenvalue weighted by Gasteiger charge is 2.21. The average Bonchev–Trinajstić information content (AvgIpc) is 2.96. The number of thioether (sulfide) groups is 1. The summed E-state index contributed by atoms with van der Waals surface area (Å²) in [5, 5.41) is 16.6. The molecule has 2 aromatic heterocycles. The van der Waals surface area contributed by atoms with Crippen molar-refractivity contribution in [3.63, 3.8) is 0 Å². The van der Waals surface area contributed by atoms with E-state index < -0.39 is 0 Å². The van der Waals surface area contributed by atoms with Crippen LogP contribution in [0.15, 0.2) is 35.2 Å². The smallest absolute Gasteiger partial charge is 0.178 e. The Hall–Kier alpha value is -2.08. The third-order valence-electron chi connectivity index (χ3n) is 3.84. The molecule has 0 aliphatic carbocycles. The second-order valence-electron chi connectivity index (χ2n) is 6.93. The van der Waals surface area contributed by atoms with E-state index in [9.17, 15) is 0 Å². The summed E-state index contributed by atoms with van der Waals surface area (Å²) in [6.07, 6.45) is 2.11. The fraction of sp³-hybridized carbons (Fsp3) is 0.389. The summed E-state index contributed by atoms with van der Waals surface area (Å²) in [4.78, 5) is 1.29. The van der Waals surface area contributed by atoms with Crippen LogP contribution in [0.2, 0.25) is 0 Å². The normalized spacial score (nSPS) is 11.9. The van der Waals surface area contributed by atoms with Crippen LogP contribution in [0.25, 0.3) is 5.65 Å². The summed E-state index contributed by atoms with van der Waals surface area (Å²) in [5.41, 5.74) is 3.22. The average molecular weight is 341 g/mol. The van der Waals surface area contributed by atoms with Crippen LogP contribution >= 0.6 is 11.8 Å². The zero-order chi connectivity index (χ0) is 17.3. The van der Waals surface area contributed by atoms with E-state index in [1.165, 1.54) is 16.0 Å². The van der Waals surface area contributed by atoms with Gasteiger partial charge in [0.05, 0.1) is 0 Å². The number of nitrogens with zero attached hydrogens (tertiary/aromatic N) is 4. The molecule has 3 aromatic rings. The van der Waals surface area contributed by atoms with Crippen LogP contribution in [-0.2, 0) is 12.0 Å². The Labute approximate surface area is 146 Å². The number of aryl methyl sites for hydroxylation is 1. The first-order valence-electron chi connectivity index (χ1n) is 7.99. The maximum absolute atomic E-state index is 4.66. The molecule has 5 nitrogen and oxygen atoms in total. The molecule has 6 heteroatoms. The van der Waals surface area contributed by atoms with Gasteiger partial charge in [-0.2, -0.15) is 4.52 Å². The Morgan fingerprint density at radius 2 is 1.92 bits per heavy atom. The standard InChI is InChI=1S/C18H23N5S/c1-12-6-7-13(14(10-12)24-5)11-19-15-8-9-16-20-21-17(18(2,3)4)23(16)22-15/h6-10H,11H2,1-5H3,(H,19,22). The van der Waals surface area contributed by atoms with Crippen molar-refractivity contribution in [2.24, 2.45) is 0 Å². The summed E-state index contributed by atoms with van der Waals surface area (Å²) in [6.45, 7) is 9.20. The van der Waals surface area contributed by atoms with Crippen molar-refractivity contribution in [2.45, 2.75) is 44.6 Å². The highest BCUT2D eigenvalue weighted by atomic mass is 32.2. The van der Waals surface area contributed by atoms with Crippen molar-refractivity contribution in [1.29, 1.82) is 0 Å². The van der Waals surface area contributed by atoms with Gasteiger partial charge in [0.15, 0.2) is 11.5 Å². The molecule has 0 saturated heterocycles. The van der Waals surface area contributed by atoms with Gasteiger partial charge < -0.3 is 5.32 Å². The first kappa shape index (κ1) is 16.8. The molecule has 24 heavy (non-hydrogen) atoms. The van der Waals surface area contributed by atoms with Gasteiger partial charge >= 0.3 is 0 Å². The van der Waals surface area contributed by atoms with E-state index in [1.807, 2.05) is 16.6 Å². The van der Waals surface area contributed by atoms with Gasteiger partial charge in [0.25, 0.3) is 0 Å². The van der Waals surface area contributed by atoms with Crippen molar-refractivity contribution >= 4 is 23.2 Å². The van der Waals surface area contributed by atoms with Crippen LogP contribution in [-0.4, -0.2) is 26.1 Å². The Morgan fingerprint density at radius 3 is 2.62 bits per heavy atom. The zero-order valence-corrected chi connectivity index (χ0v) is 15.6. The number of anilines is 1. The molecule has 0 radical (unpaired) electrons. The number of fused-ring (bicyclic) bond motifs is 1. The molecular formula is C18H23N5S. The lowest BCUT2D eigenvalue weighted by Crippen LogP contribution is -2.17. The fourth-order valence-electron chi connectivity index (χ4n) is 2.53. The first-order valence-corrected chi connectivity index (χ1v) is 9.21. The van der Waals surface area contributed by atoms with Gasteiger partial charge in [-0.15, -0.1) is 27.1 Å². The number of rotatable bonds is 4. The lowest BCUT2D eigenvalue weighted by atomic mass is 9.96. The summed E-state index contributed by atoms with van der Waals surface area (Å²) in [5.74, 6) is 1.68. The molecule has 3 rings (SSSR count). The number of benzene rings is 1. The van der Waals surface area contributed by atoms with Gasteiger partial charge in [0.2, 0.25) is 0 Å². The predicted octanol–water partition coefficient (Wildman–Crippen LogP) is 4.06. The van der Waals surface area contributed by atoms with Gasteiger partial charge in [0.1, 0.15) is 5.82 Å². The molecule has 0 aliphatic rings. The quantitative estimate of drug-likeness (QED) is 0.725. The van der Waals surface area contributed by atoms with Crippen molar-refractivity contribution in [1.82, 2.24) is 19.8 Å². The zero-order valence-electron chi connectivity index (χ0n) is 14.8. The van der Waals surface area contributed by atoms with Gasteiger partial charge in [-0.25, -0.2) is 0 Å². The molecule has 0 amide bonds. The van der Waals surface area contributed by atoms with Gasteiger partial charge in [-0.1, -0.05) is 32.9 Å². The summed E-state index contributed by atoms with van der Waals surface area (Å²) < 4.78 is 1.83. The monoisotopic (exact) mass is 341 g/mol. The molecular weight excluding hydrogens is 318 g/mol. The molecule has 0 atom stereocenters. The minimum absolute atomic E-state index is 0.103. The first-order chi connectivity index (χ1) is 11.4. The van der Waals surface area contributed by atoms with Crippen molar-refractivity contribution in [2.75, 3.05) is 11.6 Å². The van der Waals surface area contributed by atoms with Crippen molar-refractivity contribution in [3.8, 4) is 0 Å². The number of hydrogen-bond acceptors (Lipinski definition) is 5. The summed E-state index contributed by atoms with van der Waals surface area (Å²) in [6, 6.07) is 10.4. The maximum Gasteiger partial charge on any atom is 0.178 e. The van der Waals surface area contributed by atoms with E-state index in [4.69, 9.17) is 0 Å². The topological polar surface area (TPSA) is 55.1 Å². The minimum atomic E-state index is -0.103. The van der Waals surface area contributed by atoms with Crippen LogP contribution in [0.5, 0.6) is 0 Å². The van der Waals surface area contributed by atoms with Crippen LogP contribution in [0.4, 0.5) is 5.82 Å². The van der Waals surface area contributed by atoms with Crippen LogP contribution in [0.1, 0.15) is 37.7 Å². The maximum atomic E-state index is 4.66. The molecule has 0 bridgehead atoms. The fourth-order valence-corrected chi connectivity index (χ4v) is 3.24. The van der Waals surface area contributed by atoms with E-state index in [0.717, 1.165) is 23.8 Å². The Balaban J connectivity index is 1.86. The largest absolute Gasteiger partial charge is 0.365 e. The Kier molecular flexibility index (Phi) is 4.49. The molecule has 2 heterocycles. The summed E-state index contributed by atoms with van der Waals surface area (Å²) >= 11 is 1.77. The Bertz CT molecular complexity index is 863. The van der Waals surface area contributed by atoms with Gasteiger partial charge in [-0.05, 0) is 42.5 Å². The van der Waals surface area contributed by atoms with E-state index in [-0.39, 0.29) is 5.41 Å². The van der Waals surface area contributed by atoms with E-state index in [2.05, 4.69) is 72.8 Å². The number of hydrogen-bond donors (Lipinski definition) is 1. The third-order valence-corrected chi connectivity index (χ3v) is 4.66. The molecule has 0 aliphatic heterocycles. The van der Waals surface area contributed by atoms with E-state index in [0.29, 0.717) is 0 Å². The molecule has 0 spiro atoms. The molecule has 0 saturated carbocycles. The van der Waals surface area contributed by atoms with E-state index in [1.54, 1.807) is 11.8 Å². The third kappa shape index (κ3) is 3.38. The van der Waals surface area contributed by atoms with Gasteiger partial charge in [0, 0.05) is 16.9 Å².